The molecule has 0 radical (unpaired) electrons. The van der Waals surface area contributed by atoms with E-state index in [4.69, 9.17) is 0 Å². The maximum Gasteiger partial charge on any atom is 0.134 e. The van der Waals surface area contributed by atoms with Crippen LogP contribution in [0.2, 0.25) is 0 Å². The van der Waals surface area contributed by atoms with Crippen molar-refractivity contribution in [3.63, 3.8) is 0 Å². The maximum atomic E-state index is 13.7. The van der Waals surface area contributed by atoms with E-state index in [1.165, 1.54) is 12.3 Å². The highest BCUT2D eigenvalue weighted by Crippen LogP contribution is 2.23. The van der Waals surface area contributed by atoms with Crippen molar-refractivity contribution in [1.82, 2.24) is 14.8 Å². The Bertz CT molecular complexity index is 752. The van der Waals surface area contributed by atoms with Gasteiger partial charge in [-0.2, -0.15) is 5.10 Å². The van der Waals surface area contributed by atoms with E-state index in [0.29, 0.717) is 10.9 Å². The van der Waals surface area contributed by atoms with Crippen LogP contribution in [0.3, 0.4) is 0 Å². The molecule has 2 heterocycles. The van der Waals surface area contributed by atoms with Gasteiger partial charge in [0.05, 0.1) is 35.6 Å². The van der Waals surface area contributed by atoms with Crippen molar-refractivity contribution in [3.05, 3.63) is 53.7 Å². The fraction of sp³-hybridized carbons (Fsp3) is 0.143. The molecule has 2 aromatic heterocycles. The molecule has 0 saturated carbocycles. The van der Waals surface area contributed by atoms with Gasteiger partial charge in [0.25, 0.3) is 0 Å². The average molecular weight is 257 g/mol. The van der Waals surface area contributed by atoms with Crippen molar-refractivity contribution >= 4 is 10.9 Å². The van der Waals surface area contributed by atoms with Gasteiger partial charge >= 0.3 is 0 Å². The average Bonchev–Trinajstić information content (AvgIpc) is 2.84. The first-order valence-electron chi connectivity index (χ1n) is 5.89. The Morgan fingerprint density at radius 3 is 2.89 bits per heavy atom. The highest BCUT2D eigenvalue weighted by Gasteiger charge is 2.11. The maximum absolute atomic E-state index is 13.7. The summed E-state index contributed by atoms with van der Waals surface area (Å²) in [5, 5.41) is 14.0. The Balaban J connectivity index is 2.28. The van der Waals surface area contributed by atoms with Crippen molar-refractivity contribution in [2.24, 2.45) is 0 Å². The number of pyridine rings is 1. The highest BCUT2D eigenvalue weighted by atomic mass is 19.1. The van der Waals surface area contributed by atoms with Crippen LogP contribution in [0.15, 0.2) is 36.8 Å². The van der Waals surface area contributed by atoms with Crippen molar-refractivity contribution in [2.75, 3.05) is 0 Å². The van der Waals surface area contributed by atoms with E-state index in [1.54, 1.807) is 29.2 Å². The summed E-state index contributed by atoms with van der Waals surface area (Å²) in [6.45, 7) is 1.80. The van der Waals surface area contributed by atoms with E-state index in [1.807, 2.05) is 6.92 Å². The Hall–Kier alpha value is -2.27. The molecule has 1 N–H and O–H groups in total. The second-order valence-corrected chi connectivity index (χ2v) is 4.33. The van der Waals surface area contributed by atoms with Gasteiger partial charge in [0.2, 0.25) is 0 Å². The molecule has 4 nitrogen and oxygen atoms in total. The lowest BCUT2D eigenvalue weighted by Gasteiger charge is -2.09. The molecule has 3 rings (SSSR count). The zero-order valence-electron chi connectivity index (χ0n) is 10.3. The fourth-order valence-electron chi connectivity index (χ4n) is 2.14. The number of hydrogen-bond donors (Lipinski definition) is 1. The van der Waals surface area contributed by atoms with E-state index in [-0.39, 0.29) is 12.4 Å². The predicted molar refractivity (Wildman–Crippen MR) is 69.5 cm³/mol. The van der Waals surface area contributed by atoms with Crippen molar-refractivity contribution in [3.8, 4) is 5.69 Å². The quantitative estimate of drug-likeness (QED) is 0.766. The van der Waals surface area contributed by atoms with Crippen LogP contribution in [0.5, 0.6) is 0 Å². The van der Waals surface area contributed by atoms with Gasteiger partial charge in [-0.1, -0.05) is 6.07 Å². The van der Waals surface area contributed by atoms with Crippen molar-refractivity contribution < 1.29 is 9.50 Å². The number of benzene rings is 1. The van der Waals surface area contributed by atoms with Crippen molar-refractivity contribution in [1.29, 1.82) is 0 Å². The monoisotopic (exact) mass is 257 g/mol. The molecule has 19 heavy (non-hydrogen) atoms. The van der Waals surface area contributed by atoms with Gasteiger partial charge in [0, 0.05) is 11.8 Å². The molecular weight excluding hydrogens is 245 g/mol. The van der Waals surface area contributed by atoms with E-state index < -0.39 is 0 Å². The van der Waals surface area contributed by atoms with Crippen LogP contribution >= 0.6 is 0 Å². The zero-order valence-corrected chi connectivity index (χ0v) is 10.3. The highest BCUT2D eigenvalue weighted by molar-refractivity contribution is 5.81. The Kier molecular flexibility index (Phi) is 2.76. The number of nitrogens with zero attached hydrogens (tertiary/aromatic N) is 3. The lowest BCUT2D eigenvalue weighted by Crippen LogP contribution is -2.03. The summed E-state index contributed by atoms with van der Waals surface area (Å²) in [6.07, 6.45) is 4.77. The molecule has 0 amide bonds. The van der Waals surface area contributed by atoms with E-state index in [9.17, 15) is 9.50 Å². The topological polar surface area (TPSA) is 50.9 Å². The fourth-order valence-corrected chi connectivity index (χ4v) is 2.14. The van der Waals surface area contributed by atoms with Gasteiger partial charge in [-0.05, 0) is 24.6 Å². The van der Waals surface area contributed by atoms with E-state index >= 15 is 0 Å². The molecule has 0 saturated heterocycles. The first kappa shape index (κ1) is 11.8. The third-order valence-corrected chi connectivity index (χ3v) is 3.25. The van der Waals surface area contributed by atoms with Crippen LogP contribution in [-0.4, -0.2) is 19.9 Å². The first-order chi connectivity index (χ1) is 9.22. The van der Waals surface area contributed by atoms with Crippen LogP contribution in [0.25, 0.3) is 16.6 Å². The minimum Gasteiger partial charge on any atom is -0.392 e. The number of aliphatic hydroxyl groups excluding tert-OH is 1. The molecule has 0 aliphatic rings. The number of rotatable bonds is 2. The van der Waals surface area contributed by atoms with Gasteiger partial charge in [0.1, 0.15) is 5.82 Å². The molecule has 0 aliphatic carbocycles. The minimum atomic E-state index is -0.298. The summed E-state index contributed by atoms with van der Waals surface area (Å²) in [7, 11) is 0. The number of aliphatic hydroxyl groups is 1. The smallest absolute Gasteiger partial charge is 0.134 e. The molecule has 5 heteroatoms. The largest absolute Gasteiger partial charge is 0.392 e. The lowest BCUT2D eigenvalue weighted by atomic mass is 10.1. The number of aromatic nitrogens is 3. The summed E-state index contributed by atoms with van der Waals surface area (Å²) in [4.78, 5) is 4.09. The van der Waals surface area contributed by atoms with Gasteiger partial charge in [-0.25, -0.2) is 9.07 Å². The predicted octanol–water partition coefficient (Wildman–Crippen LogP) is 2.36. The summed E-state index contributed by atoms with van der Waals surface area (Å²) < 4.78 is 15.3. The van der Waals surface area contributed by atoms with Crippen LogP contribution in [-0.2, 0) is 6.61 Å². The molecule has 0 bridgehead atoms. The molecule has 0 aliphatic heterocycles. The van der Waals surface area contributed by atoms with E-state index in [0.717, 1.165) is 16.8 Å². The van der Waals surface area contributed by atoms with Gasteiger partial charge in [-0.15, -0.1) is 0 Å². The second-order valence-electron chi connectivity index (χ2n) is 4.33. The third kappa shape index (κ3) is 1.79. The second kappa shape index (κ2) is 4.44. The minimum absolute atomic E-state index is 0.0831. The number of hydrogen-bond acceptors (Lipinski definition) is 3. The number of fused-ring (bicyclic) bond motifs is 1. The van der Waals surface area contributed by atoms with Gasteiger partial charge in [0.15, 0.2) is 0 Å². The van der Waals surface area contributed by atoms with Gasteiger partial charge in [-0.3, -0.25) is 4.98 Å². The van der Waals surface area contributed by atoms with Gasteiger partial charge < -0.3 is 5.11 Å². The summed E-state index contributed by atoms with van der Waals surface area (Å²) in [6, 6.07) is 4.86. The van der Waals surface area contributed by atoms with Crippen LogP contribution < -0.4 is 0 Å². The molecule has 3 aromatic rings. The van der Waals surface area contributed by atoms with E-state index in [2.05, 4.69) is 10.1 Å². The Labute approximate surface area is 109 Å². The third-order valence-electron chi connectivity index (χ3n) is 3.25. The summed E-state index contributed by atoms with van der Waals surface area (Å²) in [5.41, 5.74) is 3.04. The van der Waals surface area contributed by atoms with Crippen molar-refractivity contribution in [2.45, 2.75) is 13.5 Å². The molecular formula is C14H12FN3O. The molecule has 0 unspecified atom stereocenters. The SMILES string of the molecule is Cc1c(CO)cncc1-n1ncc2c(F)cccc21. The molecule has 96 valence electrons. The molecule has 1 aromatic carbocycles. The zero-order chi connectivity index (χ0) is 13.4. The first-order valence-corrected chi connectivity index (χ1v) is 5.89. The standard InChI is InChI=1S/C14H12FN3O/c1-9-10(8-19)5-16-7-14(9)18-13-4-2-3-12(15)11(13)6-17-18/h2-7,19H,8H2,1H3. The lowest BCUT2D eigenvalue weighted by molar-refractivity contribution is 0.280. The normalized spacial score (nSPS) is 11.1. The summed E-state index contributed by atoms with van der Waals surface area (Å²) >= 11 is 0. The molecule has 0 fully saturated rings. The summed E-state index contributed by atoms with van der Waals surface area (Å²) in [5.74, 6) is -0.298. The van der Waals surface area contributed by atoms with Crippen LogP contribution in [0, 0.1) is 12.7 Å². The van der Waals surface area contributed by atoms with Crippen LogP contribution in [0.4, 0.5) is 4.39 Å². The molecule has 0 atom stereocenters. The Morgan fingerprint density at radius 1 is 1.26 bits per heavy atom. The molecule has 0 spiro atoms. The van der Waals surface area contributed by atoms with Crippen LogP contribution in [0.1, 0.15) is 11.1 Å². The number of halogens is 1. The Morgan fingerprint density at radius 2 is 2.11 bits per heavy atom.